The molecule has 2 heterocycles. The van der Waals surface area contributed by atoms with Gasteiger partial charge in [0.05, 0.1) is 26.1 Å². The van der Waals surface area contributed by atoms with Gasteiger partial charge < -0.3 is 23.7 Å². The summed E-state index contributed by atoms with van der Waals surface area (Å²) in [6.45, 7) is 15.0. The number of furan rings is 1. The Morgan fingerprint density at radius 2 is 1.87 bits per heavy atom. The number of hydrogen-bond acceptors (Lipinski definition) is 9. The highest BCUT2D eigenvalue weighted by Gasteiger charge is 2.69. The lowest BCUT2D eigenvalue weighted by Crippen LogP contribution is -2.66. The average Bonchev–Trinajstić information content (AvgIpc) is 3.38. The third-order valence-electron chi connectivity index (χ3n) is 10.4. The van der Waals surface area contributed by atoms with Crippen LogP contribution in [-0.2, 0) is 33.4 Å². The van der Waals surface area contributed by atoms with Gasteiger partial charge in [-0.1, -0.05) is 41.2 Å². The molecule has 39 heavy (non-hydrogen) atoms. The number of esters is 3. The molecule has 0 amide bonds. The molecule has 0 bridgehead atoms. The van der Waals surface area contributed by atoms with Gasteiger partial charge in [0.15, 0.2) is 0 Å². The molecule has 4 rings (SSSR count). The second kappa shape index (κ2) is 9.61. The van der Waals surface area contributed by atoms with Gasteiger partial charge in [0.2, 0.25) is 6.10 Å². The van der Waals surface area contributed by atoms with Gasteiger partial charge in [-0.3, -0.25) is 14.4 Å². The van der Waals surface area contributed by atoms with E-state index in [0.717, 1.165) is 0 Å². The molecule has 3 aliphatic rings. The van der Waals surface area contributed by atoms with Crippen LogP contribution in [0.2, 0.25) is 0 Å². The molecule has 0 spiro atoms. The number of Topliss-reactive ketones (excluding diaryl/α,β-unsaturated/α-hetero) is 1. The molecule has 2 aliphatic carbocycles. The molecular weight excluding hydrogens is 504 g/mol. The minimum absolute atomic E-state index is 0.0511. The maximum absolute atomic E-state index is 13.4. The summed E-state index contributed by atoms with van der Waals surface area (Å²) >= 11 is 0. The Morgan fingerprint density at radius 3 is 2.44 bits per heavy atom. The maximum atomic E-state index is 13.4. The fourth-order valence-corrected chi connectivity index (χ4v) is 8.03. The summed E-state index contributed by atoms with van der Waals surface area (Å²) in [5, 5.41) is 12.4. The maximum Gasteiger partial charge on any atom is 0.347 e. The Hall–Kier alpha value is -2.94. The fourth-order valence-electron chi connectivity index (χ4n) is 8.03. The third-order valence-corrected chi connectivity index (χ3v) is 10.4. The molecule has 1 aliphatic heterocycles. The summed E-state index contributed by atoms with van der Waals surface area (Å²) in [4.78, 5) is 51.6. The molecule has 0 radical (unpaired) electrons. The molecule has 9 nitrogen and oxygen atoms in total. The van der Waals surface area contributed by atoms with Crippen LogP contribution in [0.1, 0.15) is 78.9 Å². The first-order valence-electron chi connectivity index (χ1n) is 13.5. The minimum atomic E-state index is -1.63. The van der Waals surface area contributed by atoms with Crippen LogP contribution < -0.4 is 0 Å². The van der Waals surface area contributed by atoms with Crippen LogP contribution in [0.15, 0.2) is 35.2 Å². The van der Waals surface area contributed by atoms with Gasteiger partial charge in [0.1, 0.15) is 17.5 Å². The SMILES string of the molecule is C=C1C([C@@]2(C)[C@@H](C)CC(=O)C(C)(C)[C@@H]2C(OC(C)=O)C(=O)OC)CC[C@@]2(C)[C@H](c3ccoc3)OC(=O)C[C@]12O. The number of hydrogen-bond donors (Lipinski definition) is 1. The van der Waals surface area contributed by atoms with Crippen molar-refractivity contribution >= 4 is 23.7 Å². The van der Waals surface area contributed by atoms with E-state index in [0.29, 0.717) is 24.0 Å². The number of methoxy groups -OCH3 is 1. The van der Waals surface area contributed by atoms with E-state index in [1.165, 1.54) is 26.6 Å². The van der Waals surface area contributed by atoms with Gasteiger partial charge in [-0.2, -0.15) is 0 Å². The summed E-state index contributed by atoms with van der Waals surface area (Å²) in [6.07, 6.45) is 1.91. The number of ether oxygens (including phenoxy) is 3. The zero-order valence-corrected chi connectivity index (χ0v) is 23.9. The summed E-state index contributed by atoms with van der Waals surface area (Å²) in [7, 11) is 1.22. The van der Waals surface area contributed by atoms with Crippen molar-refractivity contribution in [3.8, 4) is 0 Å². The predicted octanol–water partition coefficient (Wildman–Crippen LogP) is 4.33. The van der Waals surface area contributed by atoms with Crippen LogP contribution in [0.5, 0.6) is 0 Å². The molecule has 3 fully saturated rings. The van der Waals surface area contributed by atoms with Gasteiger partial charge in [0, 0.05) is 35.7 Å². The van der Waals surface area contributed by atoms with Crippen LogP contribution in [0, 0.1) is 34.0 Å². The van der Waals surface area contributed by atoms with Gasteiger partial charge in [0.25, 0.3) is 0 Å². The van der Waals surface area contributed by atoms with Crippen LogP contribution >= 0.6 is 0 Å². The van der Waals surface area contributed by atoms with Crippen molar-refractivity contribution < 1.29 is 42.9 Å². The van der Waals surface area contributed by atoms with Crippen LogP contribution in [0.3, 0.4) is 0 Å². The highest BCUT2D eigenvalue weighted by Crippen LogP contribution is 2.67. The van der Waals surface area contributed by atoms with Gasteiger partial charge in [-0.15, -0.1) is 0 Å². The quantitative estimate of drug-likeness (QED) is 0.327. The lowest BCUT2D eigenvalue weighted by Gasteiger charge is -2.64. The second-order valence-corrected chi connectivity index (χ2v) is 12.6. The van der Waals surface area contributed by atoms with E-state index in [-0.39, 0.29) is 24.5 Å². The molecule has 1 aromatic heterocycles. The first kappa shape index (κ1) is 29.1. The largest absolute Gasteiger partial charge is 0.472 e. The lowest BCUT2D eigenvalue weighted by atomic mass is 9.42. The van der Waals surface area contributed by atoms with E-state index in [1.807, 2.05) is 20.8 Å². The summed E-state index contributed by atoms with van der Waals surface area (Å²) < 4.78 is 21.7. The Bertz CT molecular complexity index is 1180. The Kier molecular flexibility index (Phi) is 7.16. The van der Waals surface area contributed by atoms with Crippen molar-refractivity contribution in [1.82, 2.24) is 0 Å². The predicted molar refractivity (Wildman–Crippen MR) is 139 cm³/mol. The van der Waals surface area contributed by atoms with Crippen molar-refractivity contribution in [3.63, 3.8) is 0 Å². The Balaban J connectivity index is 1.86. The highest BCUT2D eigenvalue weighted by molar-refractivity contribution is 5.88. The van der Waals surface area contributed by atoms with Gasteiger partial charge in [-0.05, 0) is 41.7 Å². The fraction of sp³-hybridized carbons (Fsp3) is 0.667. The van der Waals surface area contributed by atoms with E-state index in [2.05, 4.69) is 6.58 Å². The number of aliphatic hydroxyl groups is 1. The van der Waals surface area contributed by atoms with E-state index in [9.17, 15) is 24.3 Å². The van der Waals surface area contributed by atoms with Crippen molar-refractivity contribution in [2.45, 2.75) is 85.0 Å². The van der Waals surface area contributed by atoms with Crippen molar-refractivity contribution in [2.75, 3.05) is 7.11 Å². The highest BCUT2D eigenvalue weighted by atomic mass is 16.6. The molecule has 214 valence electrons. The molecule has 1 N–H and O–H groups in total. The second-order valence-electron chi connectivity index (χ2n) is 12.6. The number of rotatable bonds is 5. The number of ketones is 1. The van der Waals surface area contributed by atoms with Gasteiger partial charge >= 0.3 is 17.9 Å². The Labute approximate surface area is 229 Å². The summed E-state index contributed by atoms with van der Waals surface area (Å²) in [6, 6.07) is 1.72. The zero-order chi connectivity index (χ0) is 29.1. The standard InChI is InChI=1S/C30H40O9/c1-16-13-21(32)27(4,5)24(23(26(34)36-8)38-18(3)31)29(16,7)20-9-11-28(6)25(19-10-12-37-15-19)39-22(33)14-30(28,35)17(20)2/h10,12,15-16,20,23-25,35H,2,9,11,13-14H2,1,3-8H3/t16-,20?,23?,24-,25-,28-,29+,30-/m0/s1. The molecule has 0 aromatic carbocycles. The van der Waals surface area contributed by atoms with E-state index in [1.54, 1.807) is 19.9 Å². The molecule has 1 saturated heterocycles. The molecule has 9 heteroatoms. The minimum Gasteiger partial charge on any atom is -0.472 e. The normalized spacial score (nSPS) is 38.8. The average molecular weight is 545 g/mol. The first-order chi connectivity index (χ1) is 18.1. The van der Waals surface area contributed by atoms with Gasteiger partial charge in [-0.25, -0.2) is 4.79 Å². The molecule has 2 saturated carbocycles. The topological polar surface area (TPSA) is 129 Å². The summed E-state index contributed by atoms with van der Waals surface area (Å²) in [5.74, 6) is -3.48. The Morgan fingerprint density at radius 1 is 1.21 bits per heavy atom. The summed E-state index contributed by atoms with van der Waals surface area (Å²) in [5.41, 5.74) is -3.33. The number of carbonyl (C=O) groups is 4. The van der Waals surface area contributed by atoms with Crippen LogP contribution in [0.4, 0.5) is 0 Å². The smallest absolute Gasteiger partial charge is 0.347 e. The monoisotopic (exact) mass is 544 g/mol. The molecule has 1 aromatic rings. The zero-order valence-electron chi connectivity index (χ0n) is 23.9. The van der Waals surface area contributed by atoms with Crippen LogP contribution in [0.25, 0.3) is 0 Å². The molecule has 2 unspecified atom stereocenters. The van der Waals surface area contributed by atoms with Crippen molar-refractivity contribution in [2.24, 2.45) is 34.0 Å². The molecule has 8 atom stereocenters. The molecular formula is C30H40O9. The van der Waals surface area contributed by atoms with Crippen molar-refractivity contribution in [1.29, 1.82) is 0 Å². The van der Waals surface area contributed by atoms with E-state index in [4.69, 9.17) is 18.6 Å². The van der Waals surface area contributed by atoms with Crippen molar-refractivity contribution in [3.05, 3.63) is 36.3 Å². The number of cyclic esters (lactones) is 1. The lowest BCUT2D eigenvalue weighted by molar-refractivity contribution is -0.222. The van der Waals surface area contributed by atoms with Crippen LogP contribution in [-0.4, -0.2) is 47.6 Å². The van der Waals surface area contributed by atoms with E-state index < -0.39 is 63.8 Å². The first-order valence-corrected chi connectivity index (χ1v) is 13.5. The number of carbonyl (C=O) groups excluding carboxylic acids is 4. The third kappa shape index (κ3) is 4.15. The number of fused-ring (bicyclic) bond motifs is 1. The van der Waals surface area contributed by atoms with E-state index >= 15 is 0 Å².